The summed E-state index contributed by atoms with van der Waals surface area (Å²) in [6.07, 6.45) is 10.6. The van der Waals surface area contributed by atoms with Gasteiger partial charge in [-0.3, -0.25) is 14.5 Å². The molecule has 13 heteroatoms. The van der Waals surface area contributed by atoms with Crippen molar-refractivity contribution in [1.29, 1.82) is 0 Å². The SMILES string of the molecule is O=C(CCCCCN1C(=O)/C(=C/c2ccccc2OC2CCCCC2)SC1=S)Nc1nnc(CSc2nc3ccccc3o2)s1. The molecule has 9 nitrogen and oxygen atoms in total. The standard InChI is InChI=1S/C32H33N5O4S4/c38-27(34-30-36-35-28(45-30)20-43-31-33-23-14-7-9-16-25(23)41-31)17-5-2-10-18-37-29(39)26(44-32(37)42)19-21-11-6-8-15-24(21)40-22-12-3-1-4-13-22/h6-9,11,14-16,19,22H,1-5,10,12-13,17-18,20H2,(H,34,36,38)/b26-19-. The summed E-state index contributed by atoms with van der Waals surface area (Å²) in [5, 5.41) is 12.9. The molecule has 2 fully saturated rings. The van der Waals surface area contributed by atoms with E-state index < -0.39 is 0 Å². The van der Waals surface area contributed by atoms with Gasteiger partial charge in [-0.15, -0.1) is 10.2 Å². The van der Waals surface area contributed by atoms with Crippen LogP contribution in [0.4, 0.5) is 5.13 Å². The van der Waals surface area contributed by atoms with E-state index in [-0.39, 0.29) is 17.9 Å². The predicted molar refractivity (Wildman–Crippen MR) is 184 cm³/mol. The molecular weight excluding hydrogens is 647 g/mol. The van der Waals surface area contributed by atoms with Crippen molar-refractivity contribution < 1.29 is 18.7 Å². The minimum absolute atomic E-state index is 0.0726. The number of aromatic nitrogens is 3. The molecule has 0 unspecified atom stereocenters. The van der Waals surface area contributed by atoms with Gasteiger partial charge in [-0.1, -0.05) is 90.3 Å². The van der Waals surface area contributed by atoms with Gasteiger partial charge >= 0.3 is 0 Å². The second-order valence-corrected chi connectivity index (χ2v) is 14.5. The van der Waals surface area contributed by atoms with Gasteiger partial charge in [0.15, 0.2) is 5.58 Å². The van der Waals surface area contributed by atoms with Crippen LogP contribution in [0.15, 0.2) is 63.1 Å². The Labute approximate surface area is 279 Å². The van der Waals surface area contributed by atoms with Crippen LogP contribution in [0, 0.1) is 0 Å². The van der Waals surface area contributed by atoms with E-state index in [1.165, 1.54) is 54.1 Å². The monoisotopic (exact) mass is 679 g/mol. The minimum Gasteiger partial charge on any atom is -0.490 e. The number of nitrogens with one attached hydrogen (secondary N) is 1. The minimum atomic E-state index is -0.105. The molecule has 0 radical (unpaired) electrons. The van der Waals surface area contributed by atoms with Gasteiger partial charge in [0.25, 0.3) is 11.1 Å². The fourth-order valence-corrected chi connectivity index (χ4v) is 8.10. The van der Waals surface area contributed by atoms with Gasteiger partial charge in [0.05, 0.1) is 16.8 Å². The number of carbonyl (C=O) groups is 2. The number of nitrogens with zero attached hydrogens (tertiary/aromatic N) is 4. The van der Waals surface area contributed by atoms with Crippen molar-refractivity contribution in [3.05, 3.63) is 64.0 Å². The average molecular weight is 680 g/mol. The molecule has 4 aromatic rings. The highest BCUT2D eigenvalue weighted by Crippen LogP contribution is 2.35. The topological polar surface area (TPSA) is 110 Å². The molecule has 1 saturated heterocycles. The summed E-state index contributed by atoms with van der Waals surface area (Å²) in [6.45, 7) is 0.529. The fourth-order valence-electron chi connectivity index (χ4n) is 5.22. The Morgan fingerprint density at radius 3 is 2.78 bits per heavy atom. The normalized spacial score (nSPS) is 16.6. The first kappa shape index (κ1) is 31.7. The van der Waals surface area contributed by atoms with Crippen LogP contribution in [-0.2, 0) is 15.3 Å². The van der Waals surface area contributed by atoms with E-state index in [4.69, 9.17) is 21.4 Å². The summed E-state index contributed by atoms with van der Waals surface area (Å²) in [7, 11) is 0. The van der Waals surface area contributed by atoms with Crippen LogP contribution in [0.25, 0.3) is 17.2 Å². The van der Waals surface area contributed by atoms with Gasteiger partial charge in [0.2, 0.25) is 11.0 Å². The van der Waals surface area contributed by atoms with E-state index in [2.05, 4.69) is 20.5 Å². The highest BCUT2D eigenvalue weighted by Gasteiger charge is 2.31. The summed E-state index contributed by atoms with van der Waals surface area (Å²) in [5.41, 5.74) is 2.47. The molecule has 3 heterocycles. The molecule has 1 aliphatic carbocycles. The van der Waals surface area contributed by atoms with Crippen molar-refractivity contribution >= 4 is 85.5 Å². The van der Waals surface area contributed by atoms with Gasteiger partial charge in [0.1, 0.15) is 20.6 Å². The third kappa shape index (κ3) is 8.51. The number of hydrogen-bond donors (Lipinski definition) is 1. The Bertz CT molecular complexity index is 1660. The van der Waals surface area contributed by atoms with E-state index in [1.807, 2.05) is 54.6 Å². The Balaban J connectivity index is 0.913. The van der Waals surface area contributed by atoms with Gasteiger partial charge in [-0.05, 0) is 62.8 Å². The average Bonchev–Trinajstić information content (AvgIpc) is 3.75. The first-order valence-electron chi connectivity index (χ1n) is 15.1. The largest absolute Gasteiger partial charge is 0.490 e. The summed E-state index contributed by atoms with van der Waals surface area (Å²) in [6, 6.07) is 15.5. The van der Waals surface area contributed by atoms with Gasteiger partial charge in [-0.2, -0.15) is 0 Å². The second kappa shape index (κ2) is 15.4. The van der Waals surface area contributed by atoms with E-state index in [1.54, 1.807) is 4.90 Å². The number of rotatable bonds is 13. The number of ether oxygens (including phenoxy) is 1. The molecule has 1 N–H and O–H groups in total. The Kier molecular flexibility index (Phi) is 10.8. The van der Waals surface area contributed by atoms with Crippen molar-refractivity contribution in [2.45, 2.75) is 74.9 Å². The maximum atomic E-state index is 13.2. The van der Waals surface area contributed by atoms with E-state index in [9.17, 15) is 9.59 Å². The van der Waals surface area contributed by atoms with Crippen LogP contribution >= 0.6 is 47.1 Å². The summed E-state index contributed by atoms with van der Waals surface area (Å²) in [5.74, 6) is 1.19. The number of anilines is 1. The lowest BCUT2D eigenvalue weighted by Crippen LogP contribution is -2.29. The van der Waals surface area contributed by atoms with Gasteiger partial charge in [0, 0.05) is 18.5 Å². The molecule has 1 aliphatic heterocycles. The molecule has 234 valence electrons. The molecule has 6 rings (SSSR count). The zero-order valence-corrected chi connectivity index (χ0v) is 27.9. The Morgan fingerprint density at radius 1 is 1.09 bits per heavy atom. The lowest BCUT2D eigenvalue weighted by Gasteiger charge is -2.23. The summed E-state index contributed by atoms with van der Waals surface area (Å²) in [4.78, 5) is 32.4. The molecule has 2 aromatic carbocycles. The molecule has 0 atom stereocenters. The molecule has 0 bridgehead atoms. The maximum absolute atomic E-state index is 13.2. The zero-order chi connectivity index (χ0) is 31.0. The molecule has 2 amide bonds. The van der Waals surface area contributed by atoms with Crippen molar-refractivity contribution in [2.75, 3.05) is 11.9 Å². The summed E-state index contributed by atoms with van der Waals surface area (Å²) >= 11 is 9.65. The quantitative estimate of drug-likeness (QED) is 0.0644. The Morgan fingerprint density at radius 2 is 1.91 bits per heavy atom. The third-order valence-electron chi connectivity index (χ3n) is 7.52. The number of amides is 2. The number of oxazole rings is 1. The van der Waals surface area contributed by atoms with Crippen LogP contribution in [-0.4, -0.2) is 48.9 Å². The van der Waals surface area contributed by atoms with E-state index in [0.717, 1.165) is 53.1 Å². The van der Waals surface area contributed by atoms with Gasteiger partial charge < -0.3 is 14.5 Å². The number of thiocarbonyl (C=S) groups is 1. The van der Waals surface area contributed by atoms with Crippen molar-refractivity contribution in [1.82, 2.24) is 20.1 Å². The number of unbranched alkanes of at least 4 members (excludes halogenated alkanes) is 2. The van der Waals surface area contributed by atoms with Crippen LogP contribution in [0.2, 0.25) is 0 Å². The third-order valence-corrected chi connectivity index (χ3v) is 10.8. The molecule has 2 aromatic heterocycles. The molecular formula is C32H33N5O4S4. The number of para-hydroxylation sites is 3. The smallest absolute Gasteiger partial charge is 0.266 e. The predicted octanol–water partition coefficient (Wildman–Crippen LogP) is 8.08. The fraction of sp³-hybridized carbons (Fsp3) is 0.375. The van der Waals surface area contributed by atoms with E-state index >= 15 is 0 Å². The second-order valence-electron chi connectivity index (χ2n) is 10.8. The number of fused-ring (bicyclic) bond motifs is 1. The molecule has 45 heavy (non-hydrogen) atoms. The van der Waals surface area contributed by atoms with Crippen LogP contribution in [0.5, 0.6) is 5.75 Å². The molecule has 0 spiro atoms. The van der Waals surface area contributed by atoms with Crippen LogP contribution in [0.1, 0.15) is 68.4 Å². The van der Waals surface area contributed by atoms with Crippen LogP contribution < -0.4 is 10.1 Å². The lowest BCUT2D eigenvalue weighted by atomic mass is 9.97. The maximum Gasteiger partial charge on any atom is 0.266 e. The number of hydrogen-bond acceptors (Lipinski definition) is 11. The lowest BCUT2D eigenvalue weighted by molar-refractivity contribution is -0.122. The Hall–Kier alpha value is -3.26. The first-order chi connectivity index (χ1) is 22.0. The molecule has 1 saturated carbocycles. The molecule has 2 aliphatic rings. The van der Waals surface area contributed by atoms with E-state index in [0.29, 0.717) is 44.7 Å². The van der Waals surface area contributed by atoms with Gasteiger partial charge in [-0.25, -0.2) is 4.98 Å². The number of thioether (sulfide) groups is 2. The van der Waals surface area contributed by atoms with Crippen molar-refractivity contribution in [3.63, 3.8) is 0 Å². The number of carbonyl (C=O) groups excluding carboxylic acids is 2. The number of benzene rings is 2. The van der Waals surface area contributed by atoms with Crippen molar-refractivity contribution in [2.24, 2.45) is 0 Å². The van der Waals surface area contributed by atoms with Crippen molar-refractivity contribution in [3.8, 4) is 5.75 Å². The van der Waals surface area contributed by atoms with Crippen LogP contribution in [0.3, 0.4) is 0 Å². The highest BCUT2D eigenvalue weighted by molar-refractivity contribution is 8.26. The first-order valence-corrected chi connectivity index (χ1v) is 18.2. The summed E-state index contributed by atoms with van der Waals surface area (Å²) < 4.78 is 12.6. The highest BCUT2D eigenvalue weighted by atomic mass is 32.2. The zero-order valence-electron chi connectivity index (χ0n) is 24.6.